The fourth-order valence-corrected chi connectivity index (χ4v) is 5.05. The Bertz CT molecular complexity index is 1480. The molecule has 0 unspecified atom stereocenters. The average Bonchev–Trinajstić information content (AvgIpc) is 2.86. The molecular weight excluding hydrogens is 472 g/mol. The molecule has 1 amide bonds. The van der Waals surface area contributed by atoms with Gasteiger partial charge in [0.15, 0.2) is 0 Å². The molecule has 0 atom stereocenters. The number of aryl methyl sites for hydroxylation is 3. The predicted molar refractivity (Wildman–Crippen MR) is 143 cm³/mol. The molecule has 0 aliphatic rings. The molecule has 0 aromatic heterocycles. The Kier molecular flexibility index (Phi) is 7.41. The van der Waals surface area contributed by atoms with Gasteiger partial charge in [0.2, 0.25) is 0 Å². The number of ether oxygens (including phenoxy) is 1. The van der Waals surface area contributed by atoms with Crippen molar-refractivity contribution >= 4 is 27.3 Å². The summed E-state index contributed by atoms with van der Waals surface area (Å²) < 4.78 is 34.8. The van der Waals surface area contributed by atoms with Crippen LogP contribution in [0.2, 0.25) is 0 Å². The van der Waals surface area contributed by atoms with E-state index < -0.39 is 15.9 Å². The summed E-state index contributed by atoms with van der Waals surface area (Å²) in [5, 5.41) is 2.81. The summed E-state index contributed by atoms with van der Waals surface area (Å²) >= 11 is 0. The number of carbonyl (C=O) groups excluding carboxylic acids is 1. The lowest BCUT2D eigenvalue weighted by Crippen LogP contribution is -2.17. The maximum absolute atomic E-state index is 13.2. The fraction of sp³-hybridized carbons (Fsp3) is 0.138. The van der Waals surface area contributed by atoms with Gasteiger partial charge < -0.3 is 10.1 Å². The number of carbonyl (C=O) groups is 1. The van der Waals surface area contributed by atoms with Crippen molar-refractivity contribution < 1.29 is 17.9 Å². The molecule has 4 aromatic carbocycles. The number of sulfonamides is 1. The van der Waals surface area contributed by atoms with Crippen molar-refractivity contribution in [1.82, 2.24) is 0 Å². The van der Waals surface area contributed by atoms with E-state index in [1.165, 1.54) is 6.07 Å². The van der Waals surface area contributed by atoms with E-state index in [0.717, 1.165) is 16.7 Å². The lowest BCUT2D eigenvalue weighted by Gasteiger charge is -2.14. The standard InChI is InChI=1S/C29H28N2O4S/c1-20-9-10-21(2)27(17-20)31-36(33,34)28-18-24(12-11-22(28)3)29(32)30-25-13-15-26(16-14-25)35-19-23-7-5-4-6-8-23/h4-18,31H,19H2,1-3H3,(H,30,32). The van der Waals surface area contributed by atoms with Crippen molar-refractivity contribution in [3.05, 3.63) is 119 Å². The third-order valence-corrected chi connectivity index (χ3v) is 7.25. The highest BCUT2D eigenvalue weighted by Gasteiger charge is 2.20. The van der Waals surface area contributed by atoms with Gasteiger partial charge in [0.05, 0.1) is 10.6 Å². The monoisotopic (exact) mass is 500 g/mol. The molecule has 0 heterocycles. The molecule has 2 N–H and O–H groups in total. The Morgan fingerprint density at radius 1 is 0.806 bits per heavy atom. The van der Waals surface area contributed by atoms with Gasteiger partial charge in [0.1, 0.15) is 12.4 Å². The summed E-state index contributed by atoms with van der Waals surface area (Å²) in [7, 11) is -3.89. The number of nitrogens with one attached hydrogen (secondary N) is 2. The van der Waals surface area contributed by atoms with E-state index in [-0.39, 0.29) is 10.5 Å². The topological polar surface area (TPSA) is 84.5 Å². The van der Waals surface area contributed by atoms with Crippen LogP contribution < -0.4 is 14.8 Å². The van der Waals surface area contributed by atoms with Crippen LogP contribution in [0.25, 0.3) is 0 Å². The van der Waals surface area contributed by atoms with E-state index in [1.54, 1.807) is 49.4 Å². The Hall–Kier alpha value is -4.10. The highest BCUT2D eigenvalue weighted by molar-refractivity contribution is 7.92. The SMILES string of the molecule is Cc1ccc(C)c(NS(=O)(=O)c2cc(C(=O)Nc3ccc(OCc4ccccc4)cc3)ccc2C)c1. The average molecular weight is 501 g/mol. The summed E-state index contributed by atoms with van der Waals surface area (Å²) in [6, 6.07) is 27.1. The van der Waals surface area contributed by atoms with Gasteiger partial charge in [-0.2, -0.15) is 0 Å². The summed E-state index contributed by atoms with van der Waals surface area (Å²) in [5.41, 5.74) is 4.69. The molecule has 0 fully saturated rings. The summed E-state index contributed by atoms with van der Waals surface area (Å²) in [6.45, 7) is 5.89. The van der Waals surface area contributed by atoms with Gasteiger partial charge in [-0.3, -0.25) is 9.52 Å². The van der Waals surface area contributed by atoms with Crippen LogP contribution in [-0.2, 0) is 16.6 Å². The van der Waals surface area contributed by atoms with Crippen LogP contribution in [0, 0.1) is 20.8 Å². The number of anilines is 2. The molecule has 0 bridgehead atoms. The molecular formula is C29H28N2O4S. The van der Waals surface area contributed by atoms with E-state index in [4.69, 9.17) is 4.74 Å². The molecule has 0 radical (unpaired) electrons. The molecule has 0 aliphatic heterocycles. The molecule has 0 aliphatic carbocycles. The Balaban J connectivity index is 1.46. The number of hydrogen-bond donors (Lipinski definition) is 2. The molecule has 36 heavy (non-hydrogen) atoms. The minimum absolute atomic E-state index is 0.0562. The first-order valence-corrected chi connectivity index (χ1v) is 13.0. The molecule has 0 saturated carbocycles. The van der Waals surface area contributed by atoms with Gasteiger partial charge >= 0.3 is 0 Å². The number of rotatable bonds is 8. The van der Waals surface area contributed by atoms with E-state index in [9.17, 15) is 13.2 Å². The van der Waals surface area contributed by atoms with Crippen LogP contribution in [0.5, 0.6) is 5.75 Å². The second kappa shape index (κ2) is 10.7. The zero-order chi connectivity index (χ0) is 25.7. The Labute approximate surface area is 212 Å². The lowest BCUT2D eigenvalue weighted by atomic mass is 10.1. The van der Waals surface area contributed by atoms with Crippen LogP contribution in [0.1, 0.15) is 32.6 Å². The normalized spacial score (nSPS) is 11.1. The maximum atomic E-state index is 13.2. The maximum Gasteiger partial charge on any atom is 0.262 e. The van der Waals surface area contributed by atoms with Gasteiger partial charge in [0, 0.05) is 11.3 Å². The van der Waals surface area contributed by atoms with Crippen LogP contribution in [0.15, 0.2) is 95.9 Å². The zero-order valence-electron chi connectivity index (χ0n) is 20.4. The molecule has 7 heteroatoms. The van der Waals surface area contributed by atoms with Crippen LogP contribution in [-0.4, -0.2) is 14.3 Å². The molecule has 0 saturated heterocycles. The molecule has 4 aromatic rings. The zero-order valence-corrected chi connectivity index (χ0v) is 21.2. The van der Waals surface area contributed by atoms with Crippen molar-refractivity contribution in [2.45, 2.75) is 32.3 Å². The number of benzene rings is 4. The summed E-state index contributed by atoms with van der Waals surface area (Å²) in [4.78, 5) is 13.0. The van der Waals surface area contributed by atoms with Crippen molar-refractivity contribution in [2.24, 2.45) is 0 Å². The van der Waals surface area contributed by atoms with Crippen LogP contribution in [0.3, 0.4) is 0 Å². The van der Waals surface area contributed by atoms with Crippen LogP contribution >= 0.6 is 0 Å². The second-order valence-corrected chi connectivity index (χ2v) is 10.3. The lowest BCUT2D eigenvalue weighted by molar-refractivity contribution is 0.102. The highest BCUT2D eigenvalue weighted by atomic mass is 32.2. The second-order valence-electron chi connectivity index (χ2n) is 8.66. The van der Waals surface area contributed by atoms with Crippen molar-refractivity contribution in [3.63, 3.8) is 0 Å². The minimum Gasteiger partial charge on any atom is -0.489 e. The van der Waals surface area contributed by atoms with Crippen molar-refractivity contribution in [2.75, 3.05) is 10.0 Å². The first-order valence-electron chi connectivity index (χ1n) is 11.5. The third kappa shape index (κ3) is 6.12. The largest absolute Gasteiger partial charge is 0.489 e. The van der Waals surface area contributed by atoms with E-state index in [1.807, 2.05) is 56.3 Å². The third-order valence-electron chi connectivity index (χ3n) is 5.74. The van der Waals surface area contributed by atoms with Gasteiger partial charge in [-0.1, -0.05) is 48.5 Å². The molecule has 184 valence electrons. The van der Waals surface area contributed by atoms with Crippen LogP contribution in [0.4, 0.5) is 11.4 Å². The Morgan fingerprint density at radius 2 is 1.50 bits per heavy atom. The first kappa shape index (κ1) is 25.0. The van der Waals surface area contributed by atoms with Gasteiger partial charge in [0.25, 0.3) is 15.9 Å². The number of hydrogen-bond acceptors (Lipinski definition) is 4. The molecule has 6 nitrogen and oxygen atoms in total. The molecule has 0 spiro atoms. The van der Waals surface area contributed by atoms with Crippen molar-refractivity contribution in [1.29, 1.82) is 0 Å². The van der Waals surface area contributed by atoms with Gasteiger partial charge in [-0.25, -0.2) is 8.42 Å². The quantitative estimate of drug-likeness (QED) is 0.300. The minimum atomic E-state index is -3.89. The fourth-order valence-electron chi connectivity index (χ4n) is 3.66. The molecule has 4 rings (SSSR count). The highest BCUT2D eigenvalue weighted by Crippen LogP contribution is 2.24. The summed E-state index contributed by atoms with van der Waals surface area (Å²) in [5.74, 6) is 0.272. The van der Waals surface area contributed by atoms with E-state index >= 15 is 0 Å². The number of amides is 1. The van der Waals surface area contributed by atoms with E-state index in [0.29, 0.717) is 29.3 Å². The first-order chi connectivity index (χ1) is 17.2. The predicted octanol–water partition coefficient (Wildman–Crippen LogP) is 6.24. The van der Waals surface area contributed by atoms with Gasteiger partial charge in [-0.05, 0) is 85.5 Å². The van der Waals surface area contributed by atoms with E-state index in [2.05, 4.69) is 10.0 Å². The summed E-state index contributed by atoms with van der Waals surface area (Å²) in [6.07, 6.45) is 0. The Morgan fingerprint density at radius 3 is 2.22 bits per heavy atom. The van der Waals surface area contributed by atoms with Gasteiger partial charge in [-0.15, -0.1) is 0 Å². The van der Waals surface area contributed by atoms with Crippen molar-refractivity contribution in [3.8, 4) is 5.75 Å². The smallest absolute Gasteiger partial charge is 0.262 e.